The zero-order valence-electron chi connectivity index (χ0n) is 18.9. The van der Waals surface area contributed by atoms with E-state index < -0.39 is 17.3 Å². The monoisotopic (exact) mass is 477 g/mol. The lowest BCUT2D eigenvalue weighted by molar-refractivity contribution is -0.140. The Kier molecular flexibility index (Phi) is 5.24. The average Bonchev–Trinajstić information content (AvgIpc) is 3.07. The van der Waals surface area contributed by atoms with Crippen molar-refractivity contribution in [2.24, 2.45) is 5.73 Å². The van der Waals surface area contributed by atoms with E-state index in [2.05, 4.69) is 5.32 Å². The first-order valence-corrected chi connectivity index (χ1v) is 11.6. The normalized spacial score (nSPS) is 21.6. The number of ketones is 1. The highest BCUT2D eigenvalue weighted by molar-refractivity contribution is 6.31. The molecular formula is C26H24ClN3O4. The van der Waals surface area contributed by atoms with E-state index >= 15 is 0 Å². The number of Topliss-reactive ketones (excluding diaryl/α,β-unsaturated/α-hetero) is 1. The van der Waals surface area contributed by atoms with Crippen LogP contribution in [0.15, 0.2) is 65.1 Å². The third-order valence-corrected chi connectivity index (χ3v) is 6.95. The largest absolute Gasteiger partial charge is 0.462 e. The van der Waals surface area contributed by atoms with Crippen LogP contribution in [0, 0.1) is 6.92 Å². The van der Waals surface area contributed by atoms with E-state index in [0.717, 1.165) is 11.3 Å². The first-order chi connectivity index (χ1) is 16.3. The number of anilines is 2. The molecule has 0 fully saturated rings. The number of nitrogens with zero attached hydrogens (tertiary/aromatic N) is 1. The number of hydrogen-bond acceptors (Lipinski definition) is 6. The summed E-state index contributed by atoms with van der Waals surface area (Å²) >= 11 is 6.34. The highest BCUT2D eigenvalue weighted by atomic mass is 35.5. The first kappa shape index (κ1) is 22.2. The van der Waals surface area contributed by atoms with E-state index in [1.807, 2.05) is 31.2 Å². The smallest absolute Gasteiger partial charge is 0.339 e. The molecule has 0 saturated carbocycles. The van der Waals surface area contributed by atoms with E-state index in [1.165, 1.54) is 0 Å². The van der Waals surface area contributed by atoms with E-state index in [4.69, 9.17) is 22.1 Å². The number of para-hydroxylation sites is 1. The topological polar surface area (TPSA) is 102 Å². The molecule has 8 heteroatoms. The number of aryl methyl sites for hydroxylation is 1. The Labute approximate surface area is 202 Å². The molecule has 3 aliphatic rings. The highest BCUT2D eigenvalue weighted by Crippen LogP contribution is 2.56. The van der Waals surface area contributed by atoms with Gasteiger partial charge in [-0.15, -0.1) is 0 Å². The maximum atomic E-state index is 13.8. The molecule has 0 radical (unpaired) electrons. The summed E-state index contributed by atoms with van der Waals surface area (Å²) in [7, 11) is 0. The van der Waals surface area contributed by atoms with Crippen molar-refractivity contribution >= 4 is 40.6 Å². The van der Waals surface area contributed by atoms with Gasteiger partial charge in [0.2, 0.25) is 5.91 Å². The van der Waals surface area contributed by atoms with Crippen molar-refractivity contribution in [3.8, 4) is 0 Å². The van der Waals surface area contributed by atoms with Crippen LogP contribution in [0.25, 0.3) is 0 Å². The molecule has 34 heavy (non-hydrogen) atoms. The number of carbonyl (C=O) groups excluding carboxylic acids is 3. The van der Waals surface area contributed by atoms with E-state index in [1.54, 1.807) is 30.0 Å². The van der Waals surface area contributed by atoms with Crippen LogP contribution in [0.1, 0.15) is 37.3 Å². The zero-order chi connectivity index (χ0) is 24.2. The lowest BCUT2D eigenvalue weighted by Gasteiger charge is -2.44. The molecule has 0 saturated heterocycles. The average molecular weight is 478 g/mol. The Morgan fingerprint density at radius 2 is 1.97 bits per heavy atom. The van der Waals surface area contributed by atoms with Crippen LogP contribution >= 0.6 is 11.6 Å². The van der Waals surface area contributed by atoms with Gasteiger partial charge in [0.05, 0.1) is 12.3 Å². The number of esters is 1. The highest BCUT2D eigenvalue weighted by Gasteiger charge is 2.62. The third-order valence-electron chi connectivity index (χ3n) is 6.71. The van der Waals surface area contributed by atoms with E-state index in [0.29, 0.717) is 34.8 Å². The Morgan fingerprint density at radius 1 is 1.21 bits per heavy atom. The number of halogens is 1. The summed E-state index contributed by atoms with van der Waals surface area (Å²) in [5, 5.41) is 3.23. The number of ether oxygens (including phenoxy) is 1. The van der Waals surface area contributed by atoms with Gasteiger partial charge in [0, 0.05) is 34.0 Å². The molecule has 0 bridgehead atoms. The predicted molar refractivity (Wildman–Crippen MR) is 129 cm³/mol. The second kappa shape index (κ2) is 8.02. The van der Waals surface area contributed by atoms with Crippen molar-refractivity contribution in [1.82, 2.24) is 0 Å². The van der Waals surface area contributed by atoms with Crippen molar-refractivity contribution < 1.29 is 19.1 Å². The van der Waals surface area contributed by atoms with Crippen molar-refractivity contribution in [3.05, 3.63) is 81.3 Å². The minimum Gasteiger partial charge on any atom is -0.462 e. The molecule has 5 rings (SSSR count). The van der Waals surface area contributed by atoms with Gasteiger partial charge in [-0.25, -0.2) is 4.79 Å². The van der Waals surface area contributed by atoms with Gasteiger partial charge in [-0.3, -0.25) is 14.5 Å². The minimum absolute atomic E-state index is 0.0647. The van der Waals surface area contributed by atoms with Crippen LogP contribution in [0.3, 0.4) is 0 Å². The van der Waals surface area contributed by atoms with Crippen molar-refractivity contribution in [3.63, 3.8) is 0 Å². The number of hydrogen-bond donors (Lipinski definition) is 2. The van der Waals surface area contributed by atoms with Crippen LogP contribution in [-0.4, -0.2) is 24.3 Å². The van der Waals surface area contributed by atoms with Gasteiger partial charge in [-0.2, -0.15) is 0 Å². The maximum Gasteiger partial charge on any atom is 0.339 e. The molecule has 1 amide bonds. The Balaban J connectivity index is 1.92. The molecule has 1 atom stereocenters. The summed E-state index contributed by atoms with van der Waals surface area (Å²) in [5.74, 6) is -1.38. The van der Waals surface area contributed by atoms with Crippen LogP contribution in [-0.2, 0) is 24.5 Å². The second-order valence-corrected chi connectivity index (χ2v) is 9.03. The number of amides is 1. The van der Waals surface area contributed by atoms with Crippen LogP contribution in [0.2, 0.25) is 5.02 Å². The molecule has 2 heterocycles. The second-order valence-electron chi connectivity index (χ2n) is 8.60. The summed E-state index contributed by atoms with van der Waals surface area (Å²) in [6, 6.07) is 12.5. The molecule has 2 aromatic rings. The fourth-order valence-corrected chi connectivity index (χ4v) is 5.54. The molecule has 1 spiro atoms. The van der Waals surface area contributed by atoms with Gasteiger partial charge in [0.1, 0.15) is 16.8 Å². The summed E-state index contributed by atoms with van der Waals surface area (Å²) < 4.78 is 5.41. The molecule has 1 aliphatic carbocycles. The molecular weight excluding hydrogens is 454 g/mol. The quantitative estimate of drug-likeness (QED) is 0.645. The van der Waals surface area contributed by atoms with Crippen LogP contribution < -0.4 is 16.0 Å². The summed E-state index contributed by atoms with van der Waals surface area (Å²) in [5.41, 5.74) is 8.42. The number of rotatable bonds is 3. The SMILES string of the molecule is CCOC(=O)C1=C(N)N(c2ccccc2C)C2=C(C(=O)CCC2)C12C(=O)Nc1ccc(Cl)cc12. The molecule has 7 nitrogen and oxygen atoms in total. The van der Waals surface area contributed by atoms with Crippen molar-refractivity contribution in [2.45, 2.75) is 38.5 Å². The summed E-state index contributed by atoms with van der Waals surface area (Å²) in [4.78, 5) is 42.7. The standard InChI is InChI=1S/C26H24ClN3O4/c1-3-34-24(32)22-23(28)30(18-8-5-4-7-14(18)2)19-9-6-10-20(31)21(19)26(22)16-13-15(27)11-12-17(16)29-25(26)33/h4-5,7-8,11-13H,3,6,9-10,28H2,1-2H3,(H,29,33). The molecule has 2 aliphatic heterocycles. The number of allylic oxidation sites excluding steroid dienone is 1. The van der Waals surface area contributed by atoms with Gasteiger partial charge >= 0.3 is 5.97 Å². The Bertz CT molecular complexity index is 1330. The van der Waals surface area contributed by atoms with Gasteiger partial charge in [0.25, 0.3) is 0 Å². The molecule has 174 valence electrons. The van der Waals surface area contributed by atoms with Gasteiger partial charge in [-0.05, 0) is 56.5 Å². The predicted octanol–water partition coefficient (Wildman–Crippen LogP) is 4.10. The van der Waals surface area contributed by atoms with Crippen molar-refractivity contribution in [2.75, 3.05) is 16.8 Å². The van der Waals surface area contributed by atoms with Crippen LogP contribution in [0.4, 0.5) is 11.4 Å². The molecule has 0 aromatic heterocycles. The summed E-state index contributed by atoms with van der Waals surface area (Å²) in [6.45, 7) is 3.69. The summed E-state index contributed by atoms with van der Waals surface area (Å²) in [6.07, 6.45) is 1.40. The number of carbonyl (C=O) groups is 3. The number of nitrogens with one attached hydrogen (secondary N) is 1. The maximum absolute atomic E-state index is 13.8. The van der Waals surface area contributed by atoms with Crippen molar-refractivity contribution in [1.29, 1.82) is 0 Å². The number of benzene rings is 2. The fourth-order valence-electron chi connectivity index (χ4n) is 5.37. The van der Waals surface area contributed by atoms with Crippen LogP contribution in [0.5, 0.6) is 0 Å². The minimum atomic E-state index is -1.73. The molecule has 1 unspecified atom stereocenters. The number of fused-ring (bicyclic) bond motifs is 3. The lowest BCUT2D eigenvalue weighted by Crippen LogP contribution is -2.53. The Morgan fingerprint density at radius 3 is 2.71 bits per heavy atom. The number of nitrogens with two attached hydrogens (primary N) is 1. The van der Waals surface area contributed by atoms with E-state index in [-0.39, 0.29) is 35.8 Å². The molecule has 2 aromatic carbocycles. The van der Waals surface area contributed by atoms with E-state index in [9.17, 15) is 14.4 Å². The van der Waals surface area contributed by atoms with Gasteiger partial charge in [-0.1, -0.05) is 29.8 Å². The van der Waals surface area contributed by atoms with Gasteiger partial charge in [0.15, 0.2) is 5.78 Å². The molecule has 3 N–H and O–H groups in total. The Hall–Kier alpha value is -3.58. The zero-order valence-corrected chi connectivity index (χ0v) is 19.7. The first-order valence-electron chi connectivity index (χ1n) is 11.2. The van der Waals surface area contributed by atoms with Gasteiger partial charge < -0.3 is 15.8 Å². The lowest BCUT2D eigenvalue weighted by atomic mass is 9.63. The third kappa shape index (κ3) is 2.93. The fraction of sp³-hybridized carbons (Fsp3) is 0.269.